The molecule has 1 aliphatic carbocycles. The van der Waals surface area contributed by atoms with Gasteiger partial charge in [0.25, 0.3) is 0 Å². The minimum atomic E-state index is -0.966. The standard InChI is InChI=1S/C13H14ClFN2O3/c14-9-2-1-7(5-10(9)15)8-6-11(8)17-13(20)16-4-3-12(18)19/h1-2,5,8,11H,3-4,6H2,(H,18,19)(H2,16,17,20)/t8-,11+/m0/s1. The van der Waals surface area contributed by atoms with E-state index < -0.39 is 17.8 Å². The van der Waals surface area contributed by atoms with Crippen LogP contribution in [0.25, 0.3) is 0 Å². The lowest BCUT2D eigenvalue weighted by Gasteiger charge is -2.06. The molecule has 1 aliphatic rings. The van der Waals surface area contributed by atoms with Crippen LogP contribution in [0.2, 0.25) is 5.02 Å². The molecule has 20 heavy (non-hydrogen) atoms. The van der Waals surface area contributed by atoms with Crippen LogP contribution in [0.15, 0.2) is 18.2 Å². The lowest BCUT2D eigenvalue weighted by atomic mass is 10.1. The number of benzene rings is 1. The van der Waals surface area contributed by atoms with E-state index >= 15 is 0 Å². The molecule has 7 heteroatoms. The van der Waals surface area contributed by atoms with Crippen LogP contribution in [0.1, 0.15) is 24.3 Å². The summed E-state index contributed by atoms with van der Waals surface area (Å²) in [6, 6.07) is 4.14. The van der Waals surface area contributed by atoms with Gasteiger partial charge < -0.3 is 15.7 Å². The van der Waals surface area contributed by atoms with Crippen LogP contribution < -0.4 is 10.6 Å². The van der Waals surface area contributed by atoms with Crippen molar-refractivity contribution in [3.63, 3.8) is 0 Å². The highest BCUT2D eigenvalue weighted by atomic mass is 35.5. The number of urea groups is 1. The second-order valence-electron chi connectivity index (χ2n) is 4.67. The number of halogens is 2. The highest BCUT2D eigenvalue weighted by molar-refractivity contribution is 6.30. The van der Waals surface area contributed by atoms with E-state index in [0.29, 0.717) is 0 Å². The number of carboxylic acid groups (broad SMARTS) is 1. The molecule has 2 rings (SSSR count). The van der Waals surface area contributed by atoms with Crippen molar-refractivity contribution in [3.05, 3.63) is 34.6 Å². The molecule has 0 heterocycles. The molecule has 0 saturated heterocycles. The van der Waals surface area contributed by atoms with Gasteiger partial charge in [0.1, 0.15) is 5.82 Å². The third-order valence-corrected chi connectivity index (χ3v) is 3.41. The SMILES string of the molecule is O=C(O)CCNC(=O)N[C@@H]1C[C@H]1c1ccc(Cl)c(F)c1. The fourth-order valence-corrected chi connectivity index (χ4v) is 2.09. The van der Waals surface area contributed by atoms with Crippen molar-refractivity contribution < 1.29 is 19.1 Å². The molecule has 0 aliphatic heterocycles. The van der Waals surface area contributed by atoms with Crippen LogP contribution in [0.5, 0.6) is 0 Å². The van der Waals surface area contributed by atoms with E-state index in [1.165, 1.54) is 12.1 Å². The van der Waals surface area contributed by atoms with Gasteiger partial charge in [0.2, 0.25) is 0 Å². The Morgan fingerprint density at radius 2 is 2.20 bits per heavy atom. The second kappa shape index (κ2) is 6.09. The fraction of sp³-hybridized carbons (Fsp3) is 0.385. The molecule has 0 bridgehead atoms. The van der Waals surface area contributed by atoms with Crippen molar-refractivity contribution in [2.24, 2.45) is 0 Å². The zero-order valence-electron chi connectivity index (χ0n) is 10.5. The predicted molar refractivity (Wildman–Crippen MR) is 71.3 cm³/mol. The Bertz CT molecular complexity index is 538. The molecule has 108 valence electrons. The number of aliphatic carboxylic acids is 1. The fourth-order valence-electron chi connectivity index (χ4n) is 1.97. The van der Waals surface area contributed by atoms with Crippen LogP contribution in [0, 0.1) is 5.82 Å². The monoisotopic (exact) mass is 300 g/mol. The average Bonchev–Trinajstić information content (AvgIpc) is 3.11. The Hall–Kier alpha value is -1.82. The summed E-state index contributed by atoms with van der Waals surface area (Å²) in [6.07, 6.45) is 0.608. The third kappa shape index (κ3) is 3.84. The minimum absolute atomic E-state index is 0.0552. The molecule has 0 unspecified atom stereocenters. The van der Waals surface area contributed by atoms with Crippen LogP contribution in [-0.2, 0) is 4.79 Å². The molecule has 0 aromatic heterocycles. The smallest absolute Gasteiger partial charge is 0.315 e. The number of carbonyl (C=O) groups is 2. The van der Waals surface area contributed by atoms with Crippen LogP contribution >= 0.6 is 11.6 Å². The first-order valence-corrected chi connectivity index (χ1v) is 6.56. The number of hydrogen-bond acceptors (Lipinski definition) is 2. The van der Waals surface area contributed by atoms with Crippen molar-refractivity contribution in [1.29, 1.82) is 0 Å². The molecule has 1 fully saturated rings. The van der Waals surface area contributed by atoms with Gasteiger partial charge in [0, 0.05) is 18.5 Å². The number of carboxylic acids is 1. The van der Waals surface area contributed by atoms with E-state index in [9.17, 15) is 14.0 Å². The third-order valence-electron chi connectivity index (χ3n) is 3.10. The topological polar surface area (TPSA) is 78.4 Å². The first kappa shape index (κ1) is 14.6. The van der Waals surface area contributed by atoms with E-state index in [4.69, 9.17) is 16.7 Å². The first-order valence-electron chi connectivity index (χ1n) is 6.18. The van der Waals surface area contributed by atoms with E-state index in [1.807, 2.05) is 0 Å². The van der Waals surface area contributed by atoms with Crippen LogP contribution in [0.3, 0.4) is 0 Å². The highest BCUT2D eigenvalue weighted by Gasteiger charge is 2.39. The van der Waals surface area contributed by atoms with Gasteiger partial charge in [-0.3, -0.25) is 4.79 Å². The molecule has 0 spiro atoms. The quantitative estimate of drug-likeness (QED) is 0.779. The van der Waals surface area contributed by atoms with E-state index in [0.717, 1.165) is 12.0 Å². The Balaban J connectivity index is 1.78. The van der Waals surface area contributed by atoms with Crippen molar-refractivity contribution in [1.82, 2.24) is 10.6 Å². The molecule has 5 nitrogen and oxygen atoms in total. The van der Waals surface area contributed by atoms with Crippen LogP contribution in [0.4, 0.5) is 9.18 Å². The summed E-state index contributed by atoms with van der Waals surface area (Å²) < 4.78 is 13.3. The van der Waals surface area contributed by atoms with Crippen molar-refractivity contribution in [2.45, 2.75) is 24.8 Å². The zero-order chi connectivity index (χ0) is 14.7. The largest absolute Gasteiger partial charge is 0.481 e. The van der Waals surface area contributed by atoms with Gasteiger partial charge in [-0.1, -0.05) is 17.7 Å². The van der Waals surface area contributed by atoms with Crippen LogP contribution in [-0.4, -0.2) is 29.7 Å². The molecule has 1 aromatic carbocycles. The van der Waals surface area contributed by atoms with Gasteiger partial charge >= 0.3 is 12.0 Å². The van der Waals surface area contributed by atoms with E-state index in [-0.39, 0.29) is 29.9 Å². The molecule has 1 aromatic rings. The molecule has 2 amide bonds. The summed E-state index contributed by atoms with van der Waals surface area (Å²) in [5, 5.41) is 13.7. The molecule has 0 radical (unpaired) electrons. The van der Waals surface area contributed by atoms with E-state index in [1.54, 1.807) is 6.07 Å². The number of carbonyl (C=O) groups excluding carboxylic acids is 1. The Morgan fingerprint density at radius 3 is 2.85 bits per heavy atom. The van der Waals surface area contributed by atoms with Gasteiger partial charge in [-0.15, -0.1) is 0 Å². The maximum absolute atomic E-state index is 13.3. The van der Waals surface area contributed by atoms with Crippen molar-refractivity contribution in [3.8, 4) is 0 Å². The number of nitrogens with one attached hydrogen (secondary N) is 2. The van der Waals surface area contributed by atoms with Gasteiger partial charge in [0.15, 0.2) is 0 Å². The van der Waals surface area contributed by atoms with Gasteiger partial charge in [-0.2, -0.15) is 0 Å². The van der Waals surface area contributed by atoms with E-state index in [2.05, 4.69) is 10.6 Å². The van der Waals surface area contributed by atoms with Crippen molar-refractivity contribution >= 4 is 23.6 Å². The molecule has 2 atom stereocenters. The molecular formula is C13H14ClFN2O3. The molecule has 3 N–H and O–H groups in total. The Kier molecular flexibility index (Phi) is 4.44. The first-order chi connectivity index (χ1) is 9.47. The number of amides is 2. The summed E-state index contributed by atoms with van der Waals surface area (Å²) >= 11 is 5.61. The predicted octanol–water partition coefficient (Wildman–Crippen LogP) is 2.11. The lowest BCUT2D eigenvalue weighted by Crippen LogP contribution is -2.38. The average molecular weight is 301 g/mol. The Morgan fingerprint density at radius 1 is 1.45 bits per heavy atom. The van der Waals surface area contributed by atoms with Gasteiger partial charge in [0.05, 0.1) is 11.4 Å². The Labute approximate surface area is 120 Å². The zero-order valence-corrected chi connectivity index (χ0v) is 11.3. The lowest BCUT2D eigenvalue weighted by molar-refractivity contribution is -0.136. The summed E-state index contributed by atoms with van der Waals surface area (Å²) in [7, 11) is 0. The summed E-state index contributed by atoms with van der Waals surface area (Å²) in [6.45, 7) is 0.0775. The maximum atomic E-state index is 13.3. The number of hydrogen-bond donors (Lipinski definition) is 3. The van der Waals surface area contributed by atoms with Crippen molar-refractivity contribution in [2.75, 3.05) is 6.54 Å². The summed E-state index contributed by atoms with van der Waals surface area (Å²) in [5.41, 5.74) is 0.794. The van der Waals surface area contributed by atoms with Gasteiger partial charge in [-0.25, -0.2) is 9.18 Å². The second-order valence-corrected chi connectivity index (χ2v) is 5.07. The highest BCUT2D eigenvalue weighted by Crippen LogP contribution is 2.41. The normalized spacial score (nSPS) is 20.3. The number of rotatable bonds is 5. The molecule has 1 saturated carbocycles. The summed E-state index contributed by atoms with van der Waals surface area (Å²) in [4.78, 5) is 21.8. The maximum Gasteiger partial charge on any atom is 0.315 e. The van der Waals surface area contributed by atoms with Gasteiger partial charge in [-0.05, 0) is 24.1 Å². The molecular weight excluding hydrogens is 287 g/mol. The minimum Gasteiger partial charge on any atom is -0.481 e. The summed E-state index contributed by atoms with van der Waals surface area (Å²) in [5.74, 6) is -1.36.